The van der Waals surface area contributed by atoms with Gasteiger partial charge in [0.15, 0.2) is 5.11 Å². The number of hydrogen-bond donors (Lipinski definition) is 2. The minimum absolute atomic E-state index is 0.0887. The van der Waals surface area contributed by atoms with Gasteiger partial charge in [-0.05, 0) is 55.5 Å². The van der Waals surface area contributed by atoms with Crippen molar-refractivity contribution in [2.75, 3.05) is 19.0 Å². The molecule has 0 unspecified atom stereocenters. The molecule has 0 aliphatic carbocycles. The maximum atomic E-state index is 5.71. The van der Waals surface area contributed by atoms with Crippen LogP contribution in [0.25, 0.3) is 0 Å². The Morgan fingerprint density at radius 2 is 1.68 bits per heavy atom. The average molecular weight is 316 g/mol. The minimum Gasteiger partial charge on any atom is -0.497 e. The quantitative estimate of drug-likeness (QED) is 0.799. The predicted octanol–water partition coefficient (Wildman–Crippen LogP) is 3.45. The molecular weight excluding hydrogens is 296 g/mol. The Kier molecular flexibility index (Phi) is 6.03. The lowest BCUT2D eigenvalue weighted by Crippen LogP contribution is -2.39. The molecule has 0 amide bonds. The molecule has 0 radical (unpaired) electrons. The van der Waals surface area contributed by atoms with Gasteiger partial charge in [0.2, 0.25) is 0 Å². The molecule has 0 spiro atoms. The van der Waals surface area contributed by atoms with E-state index in [2.05, 4.69) is 10.6 Å². The highest BCUT2D eigenvalue weighted by atomic mass is 32.1. The molecule has 2 aromatic carbocycles. The standard InChI is InChI=1S/C17H20N2O2S/c1-13(12-21-16-10-8-15(20-2)9-11-16)18-17(22)19-14-6-4-3-5-7-14/h3-11,13H,12H2,1-2H3,(H2,18,19,22)/t13-/m0/s1. The minimum atomic E-state index is 0.0887. The molecule has 2 N–H and O–H groups in total. The van der Waals surface area contributed by atoms with Crippen LogP contribution < -0.4 is 20.1 Å². The van der Waals surface area contributed by atoms with Crippen molar-refractivity contribution in [3.05, 3.63) is 54.6 Å². The smallest absolute Gasteiger partial charge is 0.171 e. The van der Waals surface area contributed by atoms with E-state index in [0.717, 1.165) is 17.2 Å². The van der Waals surface area contributed by atoms with Gasteiger partial charge in [-0.15, -0.1) is 0 Å². The van der Waals surface area contributed by atoms with Crippen molar-refractivity contribution in [3.8, 4) is 11.5 Å². The van der Waals surface area contributed by atoms with Crippen molar-refractivity contribution in [3.63, 3.8) is 0 Å². The number of nitrogens with one attached hydrogen (secondary N) is 2. The highest BCUT2D eigenvalue weighted by Crippen LogP contribution is 2.17. The first-order valence-corrected chi connectivity index (χ1v) is 7.47. The Morgan fingerprint density at radius 1 is 1.05 bits per heavy atom. The fourth-order valence-electron chi connectivity index (χ4n) is 1.85. The molecule has 116 valence electrons. The summed E-state index contributed by atoms with van der Waals surface area (Å²) >= 11 is 5.28. The Labute approximate surface area is 136 Å². The molecule has 0 saturated carbocycles. The number of rotatable bonds is 6. The Balaban J connectivity index is 1.74. The maximum absolute atomic E-state index is 5.71. The molecule has 0 heterocycles. The fraction of sp³-hybridized carbons (Fsp3) is 0.235. The molecule has 22 heavy (non-hydrogen) atoms. The molecule has 0 saturated heterocycles. The second-order valence-electron chi connectivity index (χ2n) is 4.85. The van der Waals surface area contributed by atoms with E-state index in [9.17, 15) is 0 Å². The first kappa shape index (κ1) is 16.1. The summed E-state index contributed by atoms with van der Waals surface area (Å²) in [6.07, 6.45) is 0. The summed E-state index contributed by atoms with van der Waals surface area (Å²) in [5.74, 6) is 1.61. The van der Waals surface area contributed by atoms with Gasteiger partial charge in [-0.3, -0.25) is 0 Å². The molecule has 0 aromatic heterocycles. The van der Waals surface area contributed by atoms with Gasteiger partial charge in [0.1, 0.15) is 18.1 Å². The van der Waals surface area contributed by atoms with E-state index in [-0.39, 0.29) is 6.04 Å². The molecule has 0 bridgehead atoms. The first-order valence-electron chi connectivity index (χ1n) is 7.07. The summed E-state index contributed by atoms with van der Waals surface area (Å²) in [6.45, 7) is 2.53. The van der Waals surface area contributed by atoms with Crippen LogP contribution in [0.3, 0.4) is 0 Å². The Morgan fingerprint density at radius 3 is 2.32 bits per heavy atom. The highest BCUT2D eigenvalue weighted by molar-refractivity contribution is 7.80. The number of para-hydroxylation sites is 1. The summed E-state index contributed by atoms with van der Waals surface area (Å²) in [5, 5.41) is 6.91. The van der Waals surface area contributed by atoms with Crippen molar-refractivity contribution in [1.29, 1.82) is 0 Å². The fourth-order valence-corrected chi connectivity index (χ4v) is 2.17. The molecule has 5 heteroatoms. The zero-order chi connectivity index (χ0) is 15.8. The summed E-state index contributed by atoms with van der Waals surface area (Å²) in [4.78, 5) is 0. The van der Waals surface area contributed by atoms with Gasteiger partial charge >= 0.3 is 0 Å². The topological polar surface area (TPSA) is 42.5 Å². The lowest BCUT2D eigenvalue weighted by atomic mass is 10.3. The normalized spacial score (nSPS) is 11.4. The number of anilines is 1. The van der Waals surface area contributed by atoms with Gasteiger partial charge < -0.3 is 20.1 Å². The lowest BCUT2D eigenvalue weighted by Gasteiger charge is -2.17. The molecular formula is C17H20N2O2S. The molecule has 1 atom stereocenters. The van der Waals surface area contributed by atoms with Crippen LogP contribution in [0.2, 0.25) is 0 Å². The summed E-state index contributed by atoms with van der Waals surface area (Å²) in [7, 11) is 1.64. The van der Waals surface area contributed by atoms with Crippen LogP contribution in [0.15, 0.2) is 54.6 Å². The van der Waals surface area contributed by atoms with Crippen molar-refractivity contribution in [1.82, 2.24) is 5.32 Å². The van der Waals surface area contributed by atoms with Gasteiger partial charge in [0.25, 0.3) is 0 Å². The second-order valence-corrected chi connectivity index (χ2v) is 5.26. The third kappa shape index (κ3) is 5.26. The van der Waals surface area contributed by atoms with E-state index in [1.54, 1.807) is 7.11 Å². The van der Waals surface area contributed by atoms with Gasteiger partial charge in [0, 0.05) is 5.69 Å². The molecule has 0 fully saturated rings. The van der Waals surface area contributed by atoms with Crippen LogP contribution >= 0.6 is 12.2 Å². The average Bonchev–Trinajstić information content (AvgIpc) is 2.54. The van der Waals surface area contributed by atoms with Crippen LogP contribution in [-0.4, -0.2) is 24.9 Å². The van der Waals surface area contributed by atoms with E-state index in [0.29, 0.717) is 11.7 Å². The maximum Gasteiger partial charge on any atom is 0.171 e. The zero-order valence-corrected chi connectivity index (χ0v) is 13.5. The lowest BCUT2D eigenvalue weighted by molar-refractivity contribution is 0.286. The van der Waals surface area contributed by atoms with Crippen LogP contribution in [0.4, 0.5) is 5.69 Å². The van der Waals surface area contributed by atoms with E-state index in [1.807, 2.05) is 61.5 Å². The number of ether oxygens (including phenoxy) is 2. The molecule has 2 aromatic rings. The third-order valence-electron chi connectivity index (χ3n) is 2.97. The molecule has 2 rings (SSSR count). The highest BCUT2D eigenvalue weighted by Gasteiger charge is 2.05. The molecule has 0 aliphatic rings. The van der Waals surface area contributed by atoms with Crippen molar-refractivity contribution in [2.24, 2.45) is 0 Å². The summed E-state index contributed by atoms with van der Waals surface area (Å²) in [6, 6.07) is 17.4. The number of hydrogen-bond acceptors (Lipinski definition) is 3. The largest absolute Gasteiger partial charge is 0.497 e. The van der Waals surface area contributed by atoms with Crippen LogP contribution in [0, 0.1) is 0 Å². The van der Waals surface area contributed by atoms with E-state index >= 15 is 0 Å². The van der Waals surface area contributed by atoms with E-state index in [1.165, 1.54) is 0 Å². The van der Waals surface area contributed by atoms with E-state index < -0.39 is 0 Å². The van der Waals surface area contributed by atoms with Gasteiger partial charge in [-0.25, -0.2) is 0 Å². The van der Waals surface area contributed by atoms with Crippen LogP contribution in [0.5, 0.6) is 11.5 Å². The Hall–Kier alpha value is -2.27. The molecule has 4 nitrogen and oxygen atoms in total. The second kappa shape index (κ2) is 8.24. The summed E-state index contributed by atoms with van der Waals surface area (Å²) < 4.78 is 10.8. The summed E-state index contributed by atoms with van der Waals surface area (Å²) in [5.41, 5.74) is 0.961. The van der Waals surface area contributed by atoms with Gasteiger partial charge in [0.05, 0.1) is 13.2 Å². The van der Waals surface area contributed by atoms with Gasteiger partial charge in [-0.1, -0.05) is 18.2 Å². The zero-order valence-electron chi connectivity index (χ0n) is 12.7. The first-order chi connectivity index (χ1) is 10.7. The van der Waals surface area contributed by atoms with Crippen LogP contribution in [0.1, 0.15) is 6.92 Å². The van der Waals surface area contributed by atoms with Crippen LogP contribution in [-0.2, 0) is 0 Å². The van der Waals surface area contributed by atoms with Crippen molar-refractivity contribution in [2.45, 2.75) is 13.0 Å². The Bertz CT molecular complexity index is 587. The number of thiocarbonyl (C=S) groups is 1. The SMILES string of the molecule is COc1ccc(OC[C@H](C)NC(=S)Nc2ccccc2)cc1. The molecule has 0 aliphatic heterocycles. The number of benzene rings is 2. The van der Waals surface area contributed by atoms with Crippen molar-refractivity contribution >= 4 is 23.0 Å². The van der Waals surface area contributed by atoms with Crippen molar-refractivity contribution < 1.29 is 9.47 Å². The monoisotopic (exact) mass is 316 g/mol. The third-order valence-corrected chi connectivity index (χ3v) is 3.19. The predicted molar refractivity (Wildman–Crippen MR) is 93.7 cm³/mol. The van der Waals surface area contributed by atoms with Gasteiger partial charge in [-0.2, -0.15) is 0 Å². The number of methoxy groups -OCH3 is 1. The van der Waals surface area contributed by atoms with E-state index in [4.69, 9.17) is 21.7 Å².